The summed E-state index contributed by atoms with van der Waals surface area (Å²) in [5.74, 6) is -3.63. The average Bonchev–Trinajstić information content (AvgIpc) is 2.87. The van der Waals surface area contributed by atoms with E-state index >= 15 is 0 Å². The number of primary amides is 1. The maximum Gasteiger partial charge on any atom is 0.326 e. The molecule has 0 saturated heterocycles. The van der Waals surface area contributed by atoms with E-state index in [1.165, 1.54) is 23.9 Å². The molecule has 38 heavy (non-hydrogen) atoms. The van der Waals surface area contributed by atoms with Crippen LogP contribution in [0.4, 0.5) is 0 Å². The van der Waals surface area contributed by atoms with Gasteiger partial charge in [0.15, 0.2) is 0 Å². The van der Waals surface area contributed by atoms with Gasteiger partial charge in [-0.1, -0.05) is 32.4 Å². The van der Waals surface area contributed by atoms with Crippen molar-refractivity contribution in [1.29, 1.82) is 0 Å². The molecule has 0 fully saturated rings. The summed E-state index contributed by atoms with van der Waals surface area (Å²) in [4.78, 5) is 61.6. The number of nitrogens with two attached hydrogens (primary N) is 2. The molecule has 0 saturated carbocycles. The summed E-state index contributed by atoms with van der Waals surface area (Å²) in [6, 6.07) is 1.87. The van der Waals surface area contributed by atoms with E-state index in [1.54, 1.807) is 19.1 Å². The number of nitrogens with one attached hydrogen (secondary N) is 3. The summed E-state index contributed by atoms with van der Waals surface area (Å²) in [6.07, 6.45) is 2.34. The maximum absolute atomic E-state index is 13.3. The zero-order valence-electron chi connectivity index (χ0n) is 21.9. The van der Waals surface area contributed by atoms with Crippen molar-refractivity contribution in [3.63, 3.8) is 0 Å². The molecule has 0 aliphatic carbocycles. The molecule has 1 rings (SSSR count). The van der Waals surface area contributed by atoms with Gasteiger partial charge in [-0.2, -0.15) is 11.8 Å². The van der Waals surface area contributed by atoms with Crippen molar-refractivity contribution in [2.75, 3.05) is 12.0 Å². The average molecular weight is 554 g/mol. The van der Waals surface area contributed by atoms with Crippen molar-refractivity contribution in [2.24, 2.45) is 17.4 Å². The Bertz CT molecular complexity index is 960. The SMILES string of the molecule is CCC(C)C(NC(=O)C(N)Cc1ccc(O)cc1)C(=O)NC(CCSC)C(=O)NC(CCC(N)=O)C(=O)O. The summed E-state index contributed by atoms with van der Waals surface area (Å²) >= 11 is 1.44. The third-order valence-electron chi connectivity index (χ3n) is 6.06. The first-order valence-corrected chi connectivity index (χ1v) is 13.7. The van der Waals surface area contributed by atoms with Crippen LogP contribution in [0.15, 0.2) is 24.3 Å². The van der Waals surface area contributed by atoms with E-state index in [0.717, 1.165) is 5.56 Å². The molecule has 212 valence electrons. The lowest BCUT2D eigenvalue weighted by atomic mass is 9.96. The summed E-state index contributed by atoms with van der Waals surface area (Å²) in [7, 11) is 0. The fourth-order valence-electron chi connectivity index (χ4n) is 3.52. The van der Waals surface area contributed by atoms with Crippen LogP contribution in [-0.4, -0.2) is 76.0 Å². The quantitative estimate of drug-likeness (QED) is 0.137. The van der Waals surface area contributed by atoms with Crippen molar-refractivity contribution in [3.8, 4) is 5.75 Å². The number of thioether (sulfide) groups is 1. The van der Waals surface area contributed by atoms with Crippen molar-refractivity contribution in [3.05, 3.63) is 29.8 Å². The van der Waals surface area contributed by atoms with Crippen LogP contribution in [-0.2, 0) is 30.4 Å². The summed E-state index contributed by atoms with van der Waals surface area (Å²) in [6.45, 7) is 3.62. The minimum Gasteiger partial charge on any atom is -0.508 e. The number of carboxylic acids is 1. The van der Waals surface area contributed by atoms with Gasteiger partial charge in [-0.25, -0.2) is 4.79 Å². The first-order chi connectivity index (χ1) is 17.9. The van der Waals surface area contributed by atoms with Crippen LogP contribution in [0.5, 0.6) is 5.75 Å². The van der Waals surface area contributed by atoms with E-state index < -0.39 is 53.8 Å². The summed E-state index contributed by atoms with van der Waals surface area (Å²) in [5, 5.41) is 26.5. The Morgan fingerprint density at radius 1 is 0.947 bits per heavy atom. The third kappa shape index (κ3) is 11.4. The molecule has 0 heterocycles. The molecule has 0 aliphatic heterocycles. The van der Waals surface area contributed by atoms with Crippen LogP contribution < -0.4 is 27.4 Å². The lowest BCUT2D eigenvalue weighted by molar-refractivity contribution is -0.142. The van der Waals surface area contributed by atoms with Crippen LogP contribution in [0, 0.1) is 5.92 Å². The van der Waals surface area contributed by atoms with Crippen molar-refractivity contribution in [1.82, 2.24) is 16.0 Å². The lowest BCUT2D eigenvalue weighted by Crippen LogP contribution is -2.59. The van der Waals surface area contributed by atoms with Gasteiger partial charge in [-0.15, -0.1) is 0 Å². The van der Waals surface area contributed by atoms with Gasteiger partial charge in [0, 0.05) is 6.42 Å². The molecule has 9 N–H and O–H groups in total. The molecule has 5 unspecified atom stereocenters. The Morgan fingerprint density at radius 3 is 2.08 bits per heavy atom. The van der Waals surface area contributed by atoms with Crippen LogP contribution >= 0.6 is 11.8 Å². The summed E-state index contributed by atoms with van der Waals surface area (Å²) < 4.78 is 0. The Kier molecular flexibility index (Phi) is 14.2. The highest BCUT2D eigenvalue weighted by atomic mass is 32.2. The predicted octanol–water partition coefficient (Wildman–Crippen LogP) is -0.134. The third-order valence-corrected chi connectivity index (χ3v) is 6.70. The van der Waals surface area contributed by atoms with Gasteiger partial charge in [0.1, 0.15) is 23.9 Å². The van der Waals surface area contributed by atoms with Crippen molar-refractivity contribution < 1.29 is 34.2 Å². The number of hydrogen-bond acceptors (Lipinski definition) is 8. The molecule has 0 spiro atoms. The van der Waals surface area contributed by atoms with Crippen LogP contribution in [0.2, 0.25) is 0 Å². The van der Waals surface area contributed by atoms with Gasteiger partial charge in [0.25, 0.3) is 0 Å². The summed E-state index contributed by atoms with van der Waals surface area (Å²) in [5.41, 5.74) is 11.9. The smallest absolute Gasteiger partial charge is 0.326 e. The monoisotopic (exact) mass is 553 g/mol. The second-order valence-electron chi connectivity index (χ2n) is 9.10. The van der Waals surface area contributed by atoms with E-state index in [-0.39, 0.29) is 37.4 Å². The van der Waals surface area contributed by atoms with Crippen LogP contribution in [0.3, 0.4) is 0 Å². The van der Waals surface area contributed by atoms with E-state index in [0.29, 0.717) is 12.2 Å². The molecular formula is C25H39N5O7S. The number of phenolic OH excluding ortho intramolecular Hbond substituents is 1. The van der Waals surface area contributed by atoms with Gasteiger partial charge < -0.3 is 37.6 Å². The highest BCUT2D eigenvalue weighted by molar-refractivity contribution is 7.98. The Hall–Kier alpha value is -3.32. The second kappa shape index (κ2) is 16.5. The first kappa shape index (κ1) is 32.7. The molecule has 13 heteroatoms. The number of phenols is 1. The number of aromatic hydroxyl groups is 1. The Labute approximate surface area is 226 Å². The van der Waals surface area contributed by atoms with E-state index in [9.17, 15) is 34.2 Å². The number of aliphatic carboxylic acids is 1. The fraction of sp³-hybridized carbons (Fsp3) is 0.560. The van der Waals surface area contributed by atoms with Crippen LogP contribution in [0.25, 0.3) is 0 Å². The minimum absolute atomic E-state index is 0.0860. The van der Waals surface area contributed by atoms with Gasteiger partial charge in [0.05, 0.1) is 6.04 Å². The zero-order valence-corrected chi connectivity index (χ0v) is 22.8. The number of hydrogen-bond donors (Lipinski definition) is 7. The molecule has 0 radical (unpaired) electrons. The largest absolute Gasteiger partial charge is 0.508 e. The van der Waals surface area contributed by atoms with Gasteiger partial charge in [0.2, 0.25) is 23.6 Å². The molecule has 5 atom stereocenters. The standard InChI is InChI=1S/C25H39N5O7S/c1-4-14(2)21(30-22(33)17(26)13-15-5-7-16(31)8-6-15)24(35)28-18(11-12-38-3)23(34)29-19(25(36)37)9-10-20(27)32/h5-8,14,17-19,21,31H,4,9-13,26H2,1-3H3,(H2,27,32)(H,28,35)(H,29,34)(H,30,33)(H,36,37). The predicted molar refractivity (Wildman–Crippen MR) is 144 cm³/mol. The topological polar surface area (TPSA) is 214 Å². The lowest BCUT2D eigenvalue weighted by Gasteiger charge is -2.28. The van der Waals surface area contributed by atoms with Crippen molar-refractivity contribution >= 4 is 41.4 Å². The Morgan fingerprint density at radius 2 is 1.55 bits per heavy atom. The second-order valence-corrected chi connectivity index (χ2v) is 10.1. The van der Waals surface area contributed by atoms with E-state index in [4.69, 9.17) is 11.5 Å². The number of amides is 4. The normalized spacial score (nSPS) is 14.8. The number of carboxylic acid groups (broad SMARTS) is 1. The maximum atomic E-state index is 13.3. The molecule has 1 aromatic rings. The van der Waals surface area contributed by atoms with Crippen molar-refractivity contribution in [2.45, 2.75) is 70.1 Å². The fourth-order valence-corrected chi connectivity index (χ4v) is 3.99. The van der Waals surface area contributed by atoms with Gasteiger partial charge in [-0.05, 0) is 54.9 Å². The van der Waals surface area contributed by atoms with E-state index in [1.807, 2.05) is 13.2 Å². The highest BCUT2D eigenvalue weighted by Crippen LogP contribution is 2.13. The molecular weight excluding hydrogens is 514 g/mol. The Balaban J connectivity index is 2.97. The van der Waals surface area contributed by atoms with Gasteiger partial charge >= 0.3 is 5.97 Å². The molecule has 0 aliphatic rings. The molecule has 0 aromatic heterocycles. The number of carbonyl (C=O) groups excluding carboxylic acids is 4. The zero-order chi connectivity index (χ0) is 28.8. The number of rotatable bonds is 17. The van der Waals surface area contributed by atoms with Crippen LogP contribution in [0.1, 0.15) is 45.1 Å². The molecule has 0 bridgehead atoms. The molecule has 4 amide bonds. The van der Waals surface area contributed by atoms with E-state index in [2.05, 4.69) is 16.0 Å². The minimum atomic E-state index is -1.35. The first-order valence-electron chi connectivity index (χ1n) is 12.3. The highest BCUT2D eigenvalue weighted by Gasteiger charge is 2.32. The van der Waals surface area contributed by atoms with Gasteiger partial charge in [-0.3, -0.25) is 19.2 Å². The number of carbonyl (C=O) groups is 5. The molecule has 1 aromatic carbocycles. The number of benzene rings is 1. The molecule has 12 nitrogen and oxygen atoms in total.